The minimum Gasteiger partial charge on any atom is -0.356 e. The normalized spacial score (nSPS) is 16.7. The van der Waals surface area contributed by atoms with Crippen molar-refractivity contribution in [2.24, 2.45) is 5.73 Å². The fraction of sp³-hybridized carbons (Fsp3) is 0.538. The van der Waals surface area contributed by atoms with Gasteiger partial charge in [-0.3, -0.25) is 4.79 Å². The van der Waals surface area contributed by atoms with E-state index in [1.807, 2.05) is 18.2 Å². The van der Waals surface area contributed by atoms with Gasteiger partial charge in [0.25, 0.3) is 0 Å². The first-order valence-electron chi connectivity index (χ1n) is 6.37. The van der Waals surface area contributed by atoms with Crippen molar-refractivity contribution >= 4 is 11.7 Å². The Balaban J connectivity index is 1.94. The van der Waals surface area contributed by atoms with E-state index in [9.17, 15) is 4.79 Å². The van der Waals surface area contributed by atoms with Crippen molar-refractivity contribution in [3.63, 3.8) is 0 Å². The summed E-state index contributed by atoms with van der Waals surface area (Å²) in [5.41, 5.74) is 6.51. The second-order valence-electron chi connectivity index (χ2n) is 4.65. The molecule has 1 fully saturated rings. The Morgan fingerprint density at radius 3 is 2.83 bits per heavy atom. The number of carbonyl (C=O) groups is 1. The van der Waals surface area contributed by atoms with Crippen LogP contribution in [0.15, 0.2) is 18.2 Å². The highest BCUT2D eigenvalue weighted by Crippen LogP contribution is 2.18. The lowest BCUT2D eigenvalue weighted by atomic mass is 10.1. The van der Waals surface area contributed by atoms with Gasteiger partial charge in [0, 0.05) is 32.6 Å². The van der Waals surface area contributed by atoms with E-state index >= 15 is 0 Å². The smallest absolute Gasteiger partial charge is 0.217 e. The third-order valence-electron chi connectivity index (χ3n) is 3.23. The second kappa shape index (κ2) is 5.82. The highest BCUT2D eigenvalue weighted by atomic mass is 16.1. The van der Waals surface area contributed by atoms with Gasteiger partial charge in [0.2, 0.25) is 5.91 Å². The van der Waals surface area contributed by atoms with Gasteiger partial charge in [-0.1, -0.05) is 6.07 Å². The zero-order valence-electron chi connectivity index (χ0n) is 10.7. The van der Waals surface area contributed by atoms with Crippen LogP contribution in [0.3, 0.4) is 0 Å². The molecule has 1 amide bonds. The number of hydrogen-bond donors (Lipinski definition) is 2. The van der Waals surface area contributed by atoms with Gasteiger partial charge in [0.15, 0.2) is 0 Å². The van der Waals surface area contributed by atoms with Crippen molar-refractivity contribution < 1.29 is 4.79 Å². The Bertz CT molecular complexity index is 413. The van der Waals surface area contributed by atoms with E-state index in [2.05, 4.69) is 15.2 Å². The number of anilines is 1. The highest BCUT2D eigenvalue weighted by Gasteiger charge is 2.20. The van der Waals surface area contributed by atoms with E-state index < -0.39 is 0 Å². The third kappa shape index (κ3) is 3.20. The molecule has 0 aliphatic carbocycles. The van der Waals surface area contributed by atoms with E-state index in [0.29, 0.717) is 12.6 Å². The predicted octanol–water partition coefficient (Wildman–Crippen LogP) is 0.645. The van der Waals surface area contributed by atoms with Gasteiger partial charge in [-0.25, -0.2) is 4.98 Å². The minimum atomic E-state index is 0.0525. The molecule has 1 aliphatic heterocycles. The van der Waals surface area contributed by atoms with Crippen LogP contribution < -0.4 is 16.0 Å². The lowest BCUT2D eigenvalue weighted by molar-refractivity contribution is -0.119. The number of nitrogens with two attached hydrogens (primary N) is 1. The molecule has 2 rings (SSSR count). The van der Waals surface area contributed by atoms with Gasteiger partial charge in [0.05, 0.1) is 5.69 Å². The number of rotatable bonds is 3. The summed E-state index contributed by atoms with van der Waals surface area (Å²) < 4.78 is 0. The fourth-order valence-electron chi connectivity index (χ4n) is 2.30. The van der Waals surface area contributed by atoms with Crippen molar-refractivity contribution in [1.29, 1.82) is 0 Å². The molecule has 1 aliphatic rings. The maximum absolute atomic E-state index is 11.0. The lowest BCUT2D eigenvalue weighted by Crippen LogP contribution is -2.44. The van der Waals surface area contributed by atoms with Crippen LogP contribution >= 0.6 is 0 Å². The molecule has 0 saturated carbocycles. The fourth-order valence-corrected chi connectivity index (χ4v) is 2.30. The third-order valence-corrected chi connectivity index (χ3v) is 3.23. The Labute approximate surface area is 107 Å². The number of amides is 1. The van der Waals surface area contributed by atoms with Crippen LogP contribution in [-0.2, 0) is 11.3 Å². The molecule has 0 aromatic carbocycles. The number of aromatic nitrogens is 1. The molecular formula is C13H20N4O. The molecule has 0 unspecified atom stereocenters. The Morgan fingerprint density at radius 1 is 1.50 bits per heavy atom. The van der Waals surface area contributed by atoms with Crippen LogP contribution in [0.1, 0.15) is 25.5 Å². The molecule has 2 heterocycles. The van der Waals surface area contributed by atoms with Gasteiger partial charge in [-0.05, 0) is 25.0 Å². The molecule has 1 aromatic rings. The SMILES string of the molecule is CC(=O)NC1CCN(c2cccc(CN)n2)CC1. The average Bonchev–Trinajstić information content (AvgIpc) is 2.39. The number of carbonyl (C=O) groups excluding carboxylic acids is 1. The van der Waals surface area contributed by atoms with Gasteiger partial charge in [-0.15, -0.1) is 0 Å². The first-order valence-corrected chi connectivity index (χ1v) is 6.37. The van der Waals surface area contributed by atoms with Crippen molar-refractivity contribution in [1.82, 2.24) is 10.3 Å². The predicted molar refractivity (Wildman–Crippen MR) is 71.2 cm³/mol. The van der Waals surface area contributed by atoms with Gasteiger partial charge in [-0.2, -0.15) is 0 Å². The maximum atomic E-state index is 11.0. The topological polar surface area (TPSA) is 71.2 Å². The molecule has 0 atom stereocenters. The zero-order chi connectivity index (χ0) is 13.0. The van der Waals surface area contributed by atoms with Gasteiger partial charge in [0.1, 0.15) is 5.82 Å². The molecule has 18 heavy (non-hydrogen) atoms. The summed E-state index contributed by atoms with van der Waals surface area (Å²) in [6.07, 6.45) is 1.93. The summed E-state index contributed by atoms with van der Waals surface area (Å²) in [5.74, 6) is 1.04. The number of piperidine rings is 1. The summed E-state index contributed by atoms with van der Waals surface area (Å²) in [5, 5.41) is 2.97. The molecule has 5 nitrogen and oxygen atoms in total. The van der Waals surface area contributed by atoms with Crippen LogP contribution in [0.5, 0.6) is 0 Å². The van der Waals surface area contributed by atoms with Gasteiger partial charge >= 0.3 is 0 Å². The van der Waals surface area contributed by atoms with E-state index in [-0.39, 0.29) is 5.91 Å². The molecule has 5 heteroatoms. The number of hydrogen-bond acceptors (Lipinski definition) is 4. The Kier molecular flexibility index (Phi) is 4.15. The highest BCUT2D eigenvalue weighted by molar-refractivity contribution is 5.73. The molecule has 1 aromatic heterocycles. The molecule has 98 valence electrons. The van der Waals surface area contributed by atoms with E-state index in [1.165, 1.54) is 0 Å². The molecule has 0 radical (unpaired) electrons. The molecule has 0 bridgehead atoms. The Hall–Kier alpha value is -1.62. The summed E-state index contributed by atoms with van der Waals surface area (Å²) in [6.45, 7) is 3.88. The summed E-state index contributed by atoms with van der Waals surface area (Å²) in [4.78, 5) is 17.8. The van der Waals surface area contributed by atoms with Crippen LogP contribution in [0.4, 0.5) is 5.82 Å². The van der Waals surface area contributed by atoms with Crippen molar-refractivity contribution in [2.75, 3.05) is 18.0 Å². The Morgan fingerprint density at radius 2 is 2.22 bits per heavy atom. The van der Waals surface area contributed by atoms with Crippen LogP contribution in [0.25, 0.3) is 0 Å². The van der Waals surface area contributed by atoms with Gasteiger partial charge < -0.3 is 16.0 Å². The summed E-state index contributed by atoms with van der Waals surface area (Å²) in [7, 11) is 0. The van der Waals surface area contributed by atoms with Crippen LogP contribution in [-0.4, -0.2) is 30.0 Å². The quantitative estimate of drug-likeness (QED) is 0.823. The molecule has 0 spiro atoms. The molecule has 3 N–H and O–H groups in total. The summed E-state index contributed by atoms with van der Waals surface area (Å²) in [6, 6.07) is 6.24. The zero-order valence-corrected chi connectivity index (χ0v) is 10.7. The van der Waals surface area contributed by atoms with Crippen LogP contribution in [0.2, 0.25) is 0 Å². The largest absolute Gasteiger partial charge is 0.356 e. The van der Waals surface area contributed by atoms with E-state index in [0.717, 1.165) is 37.4 Å². The first-order chi connectivity index (χ1) is 8.69. The first kappa shape index (κ1) is 12.8. The number of nitrogens with one attached hydrogen (secondary N) is 1. The monoisotopic (exact) mass is 248 g/mol. The number of pyridine rings is 1. The van der Waals surface area contributed by atoms with Crippen molar-refractivity contribution in [2.45, 2.75) is 32.4 Å². The number of nitrogens with zero attached hydrogens (tertiary/aromatic N) is 2. The minimum absolute atomic E-state index is 0.0525. The van der Waals surface area contributed by atoms with E-state index in [1.54, 1.807) is 6.92 Å². The molecular weight excluding hydrogens is 228 g/mol. The molecule has 1 saturated heterocycles. The van der Waals surface area contributed by atoms with Crippen LogP contribution in [0, 0.1) is 0 Å². The van der Waals surface area contributed by atoms with Crippen molar-refractivity contribution in [3.05, 3.63) is 23.9 Å². The second-order valence-corrected chi connectivity index (χ2v) is 4.65. The summed E-state index contributed by atoms with van der Waals surface area (Å²) >= 11 is 0. The van der Waals surface area contributed by atoms with E-state index in [4.69, 9.17) is 5.73 Å². The maximum Gasteiger partial charge on any atom is 0.217 e. The lowest BCUT2D eigenvalue weighted by Gasteiger charge is -2.33. The average molecular weight is 248 g/mol. The van der Waals surface area contributed by atoms with Crippen molar-refractivity contribution in [3.8, 4) is 0 Å². The standard InChI is InChI=1S/C13H20N4O/c1-10(18)15-11-5-7-17(8-6-11)13-4-2-3-12(9-14)16-13/h2-4,11H,5-9,14H2,1H3,(H,15,18).